The average Bonchev–Trinajstić information content (AvgIpc) is 2.51. The molecule has 0 radical (unpaired) electrons. The molecule has 0 atom stereocenters. The van der Waals surface area contributed by atoms with Crippen LogP contribution in [0, 0.1) is 0 Å². The highest BCUT2D eigenvalue weighted by molar-refractivity contribution is 14.0. The topological polar surface area (TPSA) is 115 Å². The Bertz CT molecular complexity index is 622. The Hall–Kier alpha value is -1.27. The maximum absolute atomic E-state index is 11.2. The first kappa shape index (κ1) is 21.7. The highest BCUT2D eigenvalue weighted by Crippen LogP contribution is 2.29. The first-order valence-electron chi connectivity index (χ1n) is 6.68. The molecule has 132 valence electrons. The van der Waals surface area contributed by atoms with E-state index in [1.165, 1.54) is 0 Å². The number of nitrogens with two attached hydrogens (primary N) is 1. The predicted octanol–water partition coefficient (Wildman–Crippen LogP) is 0.988. The van der Waals surface area contributed by atoms with Crippen LogP contribution in [0.4, 0.5) is 5.69 Å². The van der Waals surface area contributed by atoms with Crippen molar-refractivity contribution < 1.29 is 17.9 Å². The standard InChI is InChI=1S/C13H22N4O4S.HI/c1-4-22(18,19)16-8-7-15-13(14)17-10-5-6-11(20-2)12(9-10)21-3;/h5-6,9,16H,4,7-8H2,1-3H3,(H3,14,15,17);1H. The molecule has 0 aliphatic heterocycles. The number of benzene rings is 1. The number of methoxy groups -OCH3 is 2. The van der Waals surface area contributed by atoms with E-state index in [4.69, 9.17) is 15.2 Å². The predicted molar refractivity (Wildman–Crippen MR) is 103 cm³/mol. The minimum Gasteiger partial charge on any atom is -0.493 e. The van der Waals surface area contributed by atoms with Crippen molar-refractivity contribution in [1.29, 1.82) is 0 Å². The normalized spacial score (nSPS) is 11.5. The minimum atomic E-state index is -3.20. The number of sulfonamides is 1. The summed E-state index contributed by atoms with van der Waals surface area (Å²) in [5.41, 5.74) is 6.43. The average molecular weight is 458 g/mol. The van der Waals surface area contributed by atoms with Crippen LogP contribution in [0.15, 0.2) is 23.2 Å². The van der Waals surface area contributed by atoms with Crippen LogP contribution in [0.5, 0.6) is 11.5 Å². The van der Waals surface area contributed by atoms with Gasteiger partial charge in [0.15, 0.2) is 17.5 Å². The number of guanidine groups is 1. The zero-order chi connectivity index (χ0) is 16.6. The van der Waals surface area contributed by atoms with E-state index in [0.717, 1.165) is 0 Å². The van der Waals surface area contributed by atoms with Crippen LogP contribution in [0.1, 0.15) is 6.92 Å². The third-order valence-electron chi connectivity index (χ3n) is 2.75. The van der Waals surface area contributed by atoms with Crippen LogP contribution >= 0.6 is 24.0 Å². The van der Waals surface area contributed by atoms with Gasteiger partial charge < -0.3 is 20.5 Å². The van der Waals surface area contributed by atoms with Gasteiger partial charge in [0, 0.05) is 18.3 Å². The van der Waals surface area contributed by atoms with Gasteiger partial charge in [-0.1, -0.05) is 0 Å². The number of aliphatic imine (C=N–C) groups is 1. The van der Waals surface area contributed by atoms with E-state index < -0.39 is 10.0 Å². The highest BCUT2D eigenvalue weighted by Gasteiger charge is 2.06. The smallest absolute Gasteiger partial charge is 0.211 e. The zero-order valence-corrected chi connectivity index (χ0v) is 16.5. The van der Waals surface area contributed by atoms with Crippen molar-refractivity contribution >= 4 is 45.6 Å². The molecule has 23 heavy (non-hydrogen) atoms. The highest BCUT2D eigenvalue weighted by atomic mass is 127. The molecule has 4 N–H and O–H groups in total. The minimum absolute atomic E-state index is 0. The molecule has 0 aromatic heterocycles. The number of halogens is 1. The molecule has 0 bridgehead atoms. The van der Waals surface area contributed by atoms with Crippen molar-refractivity contribution in [1.82, 2.24) is 4.72 Å². The third kappa shape index (κ3) is 7.70. The van der Waals surface area contributed by atoms with Gasteiger partial charge in [0.25, 0.3) is 0 Å². The molecule has 8 nitrogen and oxygen atoms in total. The van der Waals surface area contributed by atoms with E-state index in [-0.39, 0.29) is 48.8 Å². The van der Waals surface area contributed by atoms with Crippen LogP contribution in [0.25, 0.3) is 0 Å². The van der Waals surface area contributed by atoms with Gasteiger partial charge in [-0.2, -0.15) is 0 Å². The molecule has 0 amide bonds. The van der Waals surface area contributed by atoms with Gasteiger partial charge in [-0.15, -0.1) is 24.0 Å². The lowest BCUT2D eigenvalue weighted by atomic mass is 10.3. The van der Waals surface area contributed by atoms with Crippen LogP contribution in [0.3, 0.4) is 0 Å². The summed E-state index contributed by atoms with van der Waals surface area (Å²) in [6.45, 7) is 2.01. The number of nitrogens with zero attached hydrogens (tertiary/aromatic N) is 1. The molecule has 0 fully saturated rings. The maximum Gasteiger partial charge on any atom is 0.211 e. The van der Waals surface area contributed by atoms with Gasteiger partial charge in [-0.3, -0.25) is 4.99 Å². The molecule has 1 aromatic rings. The maximum atomic E-state index is 11.2. The van der Waals surface area contributed by atoms with Gasteiger partial charge in [-0.25, -0.2) is 13.1 Å². The molecular formula is C13H23IN4O4S. The van der Waals surface area contributed by atoms with Gasteiger partial charge in [0.05, 0.1) is 26.5 Å². The Morgan fingerprint density at radius 1 is 1.26 bits per heavy atom. The van der Waals surface area contributed by atoms with E-state index in [1.807, 2.05) is 0 Å². The largest absolute Gasteiger partial charge is 0.493 e. The summed E-state index contributed by atoms with van der Waals surface area (Å²) in [4.78, 5) is 4.04. The number of hydrogen-bond donors (Lipinski definition) is 3. The summed E-state index contributed by atoms with van der Waals surface area (Å²) in [6, 6.07) is 5.23. The number of anilines is 1. The molecule has 0 aliphatic carbocycles. The van der Waals surface area contributed by atoms with Gasteiger partial charge >= 0.3 is 0 Å². The van der Waals surface area contributed by atoms with E-state index in [2.05, 4.69) is 15.0 Å². The lowest BCUT2D eigenvalue weighted by Gasteiger charge is -2.11. The summed E-state index contributed by atoms with van der Waals surface area (Å²) < 4.78 is 35.2. The fourth-order valence-corrected chi connectivity index (χ4v) is 2.19. The summed E-state index contributed by atoms with van der Waals surface area (Å²) in [5.74, 6) is 1.40. The summed E-state index contributed by atoms with van der Waals surface area (Å²) in [6.07, 6.45) is 0. The first-order valence-corrected chi connectivity index (χ1v) is 8.33. The fraction of sp³-hybridized carbons (Fsp3) is 0.462. The van der Waals surface area contributed by atoms with Crippen molar-refractivity contribution in [2.75, 3.05) is 38.4 Å². The summed E-state index contributed by atoms with van der Waals surface area (Å²) in [5, 5.41) is 2.89. The number of hydrogen-bond acceptors (Lipinski definition) is 5. The number of ether oxygens (including phenoxy) is 2. The Kier molecular flexibility index (Phi) is 9.91. The molecule has 0 heterocycles. The van der Waals surface area contributed by atoms with Crippen molar-refractivity contribution in [3.8, 4) is 11.5 Å². The van der Waals surface area contributed by atoms with E-state index in [1.54, 1.807) is 39.3 Å². The van der Waals surface area contributed by atoms with Crippen LogP contribution in [-0.4, -0.2) is 47.4 Å². The van der Waals surface area contributed by atoms with Crippen molar-refractivity contribution in [2.45, 2.75) is 6.92 Å². The van der Waals surface area contributed by atoms with Crippen molar-refractivity contribution in [3.63, 3.8) is 0 Å². The van der Waals surface area contributed by atoms with Crippen LogP contribution in [-0.2, 0) is 10.0 Å². The molecule has 10 heteroatoms. The monoisotopic (exact) mass is 458 g/mol. The SMILES string of the molecule is CCS(=O)(=O)NCCN=C(N)Nc1ccc(OC)c(OC)c1.I. The Morgan fingerprint density at radius 3 is 2.48 bits per heavy atom. The molecule has 0 aliphatic rings. The molecule has 1 rings (SSSR count). The second-order valence-corrected chi connectivity index (χ2v) is 6.36. The summed E-state index contributed by atoms with van der Waals surface area (Å²) in [7, 11) is -0.110. The molecular weight excluding hydrogens is 435 g/mol. The molecule has 0 saturated carbocycles. The van der Waals surface area contributed by atoms with Gasteiger partial charge in [0.1, 0.15) is 0 Å². The molecule has 1 aromatic carbocycles. The van der Waals surface area contributed by atoms with Crippen LogP contribution < -0.4 is 25.2 Å². The number of nitrogens with one attached hydrogen (secondary N) is 2. The van der Waals surface area contributed by atoms with Gasteiger partial charge in [-0.05, 0) is 19.1 Å². The lowest BCUT2D eigenvalue weighted by molar-refractivity contribution is 0.355. The first-order chi connectivity index (χ1) is 10.4. The Morgan fingerprint density at radius 2 is 1.91 bits per heavy atom. The fourth-order valence-electron chi connectivity index (χ4n) is 1.58. The van der Waals surface area contributed by atoms with Crippen molar-refractivity contribution in [2.24, 2.45) is 10.7 Å². The second kappa shape index (κ2) is 10.5. The van der Waals surface area contributed by atoms with Crippen molar-refractivity contribution in [3.05, 3.63) is 18.2 Å². The third-order valence-corrected chi connectivity index (χ3v) is 4.16. The Labute approximate surface area is 153 Å². The molecule has 0 saturated heterocycles. The summed E-state index contributed by atoms with van der Waals surface area (Å²) >= 11 is 0. The van der Waals surface area contributed by atoms with E-state index in [9.17, 15) is 8.42 Å². The molecule has 0 unspecified atom stereocenters. The van der Waals surface area contributed by atoms with E-state index in [0.29, 0.717) is 17.2 Å². The quantitative estimate of drug-likeness (QED) is 0.232. The number of rotatable bonds is 8. The van der Waals surface area contributed by atoms with Gasteiger partial charge in [0.2, 0.25) is 10.0 Å². The second-order valence-electron chi connectivity index (χ2n) is 4.26. The lowest BCUT2D eigenvalue weighted by Crippen LogP contribution is -2.29. The van der Waals surface area contributed by atoms with E-state index >= 15 is 0 Å². The molecule has 0 spiro atoms. The van der Waals surface area contributed by atoms with Crippen LogP contribution in [0.2, 0.25) is 0 Å². The Balaban J connectivity index is 0.00000484. The zero-order valence-electron chi connectivity index (χ0n) is 13.3.